The van der Waals surface area contributed by atoms with Crippen LogP contribution in [0.5, 0.6) is 5.75 Å². The molecule has 1 aromatic carbocycles. The van der Waals surface area contributed by atoms with Gasteiger partial charge in [-0.15, -0.1) is 0 Å². The van der Waals surface area contributed by atoms with Crippen molar-refractivity contribution in [2.24, 2.45) is 16.6 Å². The highest BCUT2D eigenvalue weighted by Gasteiger charge is 2.15. The predicted octanol–water partition coefficient (Wildman–Crippen LogP) is 4.62. The summed E-state index contributed by atoms with van der Waals surface area (Å²) in [5.74, 6) is 1.74. The molecule has 0 aliphatic heterocycles. The number of para-hydroxylation sites is 1. The van der Waals surface area contributed by atoms with E-state index >= 15 is 0 Å². The van der Waals surface area contributed by atoms with E-state index in [2.05, 4.69) is 38.4 Å². The summed E-state index contributed by atoms with van der Waals surface area (Å²) < 4.78 is 5.63. The summed E-state index contributed by atoms with van der Waals surface area (Å²) in [6, 6.07) is 6.35. The van der Waals surface area contributed by atoms with Crippen molar-refractivity contribution in [3.8, 4) is 5.75 Å². The molecule has 0 aliphatic carbocycles. The van der Waals surface area contributed by atoms with Crippen LogP contribution in [0.2, 0.25) is 0 Å². The maximum Gasteiger partial charge on any atom is 0.131 e. The molecule has 0 bridgehead atoms. The van der Waals surface area contributed by atoms with Gasteiger partial charge in [0.1, 0.15) is 5.75 Å². The summed E-state index contributed by atoms with van der Waals surface area (Å²) in [5.41, 5.74) is 8.78. The lowest BCUT2D eigenvalue weighted by atomic mass is 9.94. The molecular formula is C19H30N2O. The molecule has 2 N–H and O–H groups in total. The third kappa shape index (κ3) is 4.70. The Bertz CT molecular complexity index is 520. The van der Waals surface area contributed by atoms with E-state index in [-0.39, 0.29) is 6.04 Å². The number of ether oxygens (including phenoxy) is 1. The molecule has 3 atom stereocenters. The normalized spacial score (nSPS) is 15.5. The second-order valence-electron chi connectivity index (χ2n) is 6.07. The zero-order valence-electron chi connectivity index (χ0n) is 14.6. The maximum atomic E-state index is 5.87. The lowest BCUT2D eigenvalue weighted by molar-refractivity contribution is 0.404. The second kappa shape index (κ2) is 8.74. The molecule has 3 nitrogen and oxygen atoms in total. The second-order valence-corrected chi connectivity index (χ2v) is 6.07. The molecule has 0 saturated carbocycles. The highest BCUT2D eigenvalue weighted by molar-refractivity contribution is 5.76. The van der Waals surface area contributed by atoms with Crippen molar-refractivity contribution in [1.29, 1.82) is 0 Å². The Labute approximate surface area is 135 Å². The molecule has 122 valence electrons. The number of benzene rings is 1. The van der Waals surface area contributed by atoms with Crippen molar-refractivity contribution in [2.45, 2.75) is 52.5 Å². The van der Waals surface area contributed by atoms with Crippen LogP contribution in [0.3, 0.4) is 0 Å². The number of methoxy groups -OCH3 is 1. The average Bonchev–Trinajstić information content (AvgIpc) is 2.52. The van der Waals surface area contributed by atoms with Gasteiger partial charge in [0.05, 0.1) is 12.8 Å². The van der Waals surface area contributed by atoms with E-state index in [4.69, 9.17) is 10.5 Å². The fourth-order valence-electron chi connectivity index (χ4n) is 2.23. The Hall–Kier alpha value is -1.61. The first-order valence-electron chi connectivity index (χ1n) is 8.06. The zero-order valence-corrected chi connectivity index (χ0v) is 14.6. The van der Waals surface area contributed by atoms with Gasteiger partial charge in [-0.25, -0.2) is 0 Å². The molecule has 1 rings (SSSR count). The minimum Gasteiger partial charge on any atom is -0.496 e. The van der Waals surface area contributed by atoms with E-state index in [1.165, 1.54) is 5.56 Å². The van der Waals surface area contributed by atoms with Crippen LogP contribution in [-0.4, -0.2) is 19.4 Å². The number of nitrogens with two attached hydrogens (primary N) is 1. The lowest BCUT2D eigenvalue weighted by Gasteiger charge is -2.17. The van der Waals surface area contributed by atoms with E-state index in [0.29, 0.717) is 11.8 Å². The Morgan fingerprint density at radius 1 is 1.36 bits per heavy atom. The van der Waals surface area contributed by atoms with Crippen LogP contribution in [0, 0.1) is 5.92 Å². The van der Waals surface area contributed by atoms with Gasteiger partial charge in [0, 0.05) is 17.8 Å². The first kappa shape index (κ1) is 18.4. The first-order chi connectivity index (χ1) is 10.4. The zero-order chi connectivity index (χ0) is 16.7. The number of rotatable bonds is 8. The van der Waals surface area contributed by atoms with Crippen LogP contribution in [0.25, 0.3) is 5.70 Å². The van der Waals surface area contributed by atoms with Crippen molar-refractivity contribution < 1.29 is 4.74 Å². The standard InChI is InChI=1S/C19H30N2O/c1-7-13(2)17-9-8-10-18(19(17)22-6)16(5)21-12-11-14(3)15(4)20/h8-10,12-15H,5,7,11,20H2,1-4,6H3/b21-12-. The van der Waals surface area contributed by atoms with E-state index in [1.807, 2.05) is 25.3 Å². The molecule has 0 amide bonds. The molecule has 0 saturated heterocycles. The number of hydrogen-bond donors (Lipinski definition) is 1. The highest BCUT2D eigenvalue weighted by atomic mass is 16.5. The molecule has 0 aromatic heterocycles. The number of hydrogen-bond acceptors (Lipinski definition) is 3. The van der Waals surface area contributed by atoms with Crippen LogP contribution in [0.4, 0.5) is 0 Å². The summed E-state index contributed by atoms with van der Waals surface area (Å²) in [6.45, 7) is 12.6. The van der Waals surface area contributed by atoms with Crippen molar-refractivity contribution in [3.05, 3.63) is 35.9 Å². The average molecular weight is 302 g/mol. The monoisotopic (exact) mass is 302 g/mol. The maximum absolute atomic E-state index is 5.87. The molecule has 0 aliphatic rings. The molecule has 3 heteroatoms. The fraction of sp³-hybridized carbons (Fsp3) is 0.526. The van der Waals surface area contributed by atoms with Gasteiger partial charge in [0.2, 0.25) is 0 Å². The minimum atomic E-state index is 0.169. The van der Waals surface area contributed by atoms with E-state index in [9.17, 15) is 0 Å². The summed E-state index contributed by atoms with van der Waals surface area (Å²) in [4.78, 5) is 4.50. The smallest absolute Gasteiger partial charge is 0.131 e. The van der Waals surface area contributed by atoms with Gasteiger partial charge >= 0.3 is 0 Å². The molecule has 22 heavy (non-hydrogen) atoms. The van der Waals surface area contributed by atoms with Gasteiger partial charge in [-0.3, -0.25) is 4.99 Å². The SMILES string of the molecule is C=C(/N=C\CC(C)C(C)N)c1cccc(C(C)CC)c1OC. The fourth-order valence-corrected chi connectivity index (χ4v) is 2.23. The van der Waals surface area contributed by atoms with Gasteiger partial charge in [-0.05, 0) is 43.2 Å². The van der Waals surface area contributed by atoms with E-state index in [1.54, 1.807) is 7.11 Å². The predicted molar refractivity (Wildman–Crippen MR) is 96.7 cm³/mol. The van der Waals surface area contributed by atoms with E-state index in [0.717, 1.165) is 29.9 Å². The van der Waals surface area contributed by atoms with Gasteiger partial charge in [0.25, 0.3) is 0 Å². The number of aliphatic imine (C=N–C) groups is 1. The number of nitrogens with zero attached hydrogens (tertiary/aromatic N) is 1. The van der Waals surface area contributed by atoms with Gasteiger partial charge in [0.15, 0.2) is 0 Å². The van der Waals surface area contributed by atoms with Crippen molar-refractivity contribution in [1.82, 2.24) is 0 Å². The molecule has 0 fully saturated rings. The van der Waals surface area contributed by atoms with Crippen LogP contribution >= 0.6 is 0 Å². The quantitative estimate of drug-likeness (QED) is 0.712. The molecule has 0 radical (unpaired) electrons. The molecule has 0 spiro atoms. The van der Waals surface area contributed by atoms with Gasteiger partial charge < -0.3 is 10.5 Å². The van der Waals surface area contributed by atoms with Crippen molar-refractivity contribution in [2.75, 3.05) is 7.11 Å². The molecule has 1 aromatic rings. The molecule has 0 heterocycles. The summed E-state index contributed by atoms with van der Waals surface area (Å²) >= 11 is 0. The summed E-state index contributed by atoms with van der Waals surface area (Å²) in [7, 11) is 1.71. The first-order valence-corrected chi connectivity index (χ1v) is 8.06. The third-order valence-electron chi connectivity index (χ3n) is 4.33. The van der Waals surface area contributed by atoms with Gasteiger partial charge in [-0.2, -0.15) is 0 Å². The lowest BCUT2D eigenvalue weighted by Crippen LogP contribution is -2.24. The molecular weight excluding hydrogens is 272 g/mol. The van der Waals surface area contributed by atoms with Crippen LogP contribution in [0.1, 0.15) is 57.6 Å². The largest absolute Gasteiger partial charge is 0.496 e. The Morgan fingerprint density at radius 3 is 2.59 bits per heavy atom. The topological polar surface area (TPSA) is 47.6 Å². The summed E-state index contributed by atoms with van der Waals surface area (Å²) in [6.07, 6.45) is 3.83. The van der Waals surface area contributed by atoms with Crippen molar-refractivity contribution in [3.63, 3.8) is 0 Å². The van der Waals surface area contributed by atoms with E-state index < -0.39 is 0 Å². The summed E-state index contributed by atoms with van der Waals surface area (Å²) in [5, 5.41) is 0. The Morgan fingerprint density at radius 2 is 2.05 bits per heavy atom. The van der Waals surface area contributed by atoms with Crippen LogP contribution in [0.15, 0.2) is 29.8 Å². The Balaban J connectivity index is 2.96. The Kier molecular flexibility index (Phi) is 7.33. The minimum absolute atomic E-state index is 0.169. The van der Waals surface area contributed by atoms with Crippen molar-refractivity contribution >= 4 is 11.9 Å². The third-order valence-corrected chi connectivity index (χ3v) is 4.33. The van der Waals surface area contributed by atoms with Crippen LogP contribution < -0.4 is 10.5 Å². The highest BCUT2D eigenvalue weighted by Crippen LogP contribution is 2.35. The molecule has 3 unspecified atom stereocenters. The van der Waals surface area contributed by atoms with Gasteiger partial charge in [-0.1, -0.05) is 39.5 Å². The van der Waals surface area contributed by atoms with Crippen LogP contribution in [-0.2, 0) is 0 Å².